The van der Waals surface area contributed by atoms with E-state index in [1.165, 1.54) is 302 Å². The molecule has 0 saturated heterocycles. The minimum absolute atomic E-state index is 0.0157. The molecule has 0 aromatic heterocycles. The highest BCUT2D eigenvalue weighted by Crippen LogP contribution is 2.38. The third-order valence-corrected chi connectivity index (χ3v) is 17.2. The molecular weight excluding hydrogens is 972 g/mol. The summed E-state index contributed by atoms with van der Waals surface area (Å²) >= 11 is 0. The lowest BCUT2D eigenvalue weighted by molar-refractivity contribution is -0.870. The van der Waals surface area contributed by atoms with Gasteiger partial charge in [-0.1, -0.05) is 334 Å². The largest absolute Gasteiger partial charge is 0.756 e. The molecule has 8 nitrogen and oxygen atoms in total. The summed E-state index contributed by atoms with van der Waals surface area (Å²) in [4.78, 5) is 25.6. The summed E-state index contributed by atoms with van der Waals surface area (Å²) < 4.78 is 23.5. The van der Waals surface area contributed by atoms with E-state index in [0.29, 0.717) is 23.9 Å². The van der Waals surface area contributed by atoms with Crippen LogP contribution in [0.25, 0.3) is 0 Å². The van der Waals surface area contributed by atoms with E-state index in [1.54, 1.807) is 0 Å². The summed E-state index contributed by atoms with van der Waals surface area (Å²) in [7, 11) is 1.33. The van der Waals surface area contributed by atoms with Gasteiger partial charge in [-0.2, -0.15) is 0 Å². The monoisotopic (exact) mass is 1110 g/mol. The normalized spacial score (nSPS) is 13.7. The number of hydrogen-bond donors (Lipinski definition) is 2. The first-order valence-corrected chi connectivity index (χ1v) is 36.0. The SMILES string of the molecule is CCCCCCCCCCCCCC/C=C\CCCCCCCCCCCCCCCCCCCC(=O)NC(COP(=O)([O-])OCC[N+](C)(C)C)C(O)CCCCCCCCCCCCCCCCCCCCCCCC. The molecule has 0 radical (unpaired) electrons. The van der Waals surface area contributed by atoms with E-state index >= 15 is 0 Å². The minimum atomic E-state index is -4.58. The van der Waals surface area contributed by atoms with Gasteiger partial charge in [0.25, 0.3) is 7.82 Å². The molecule has 2 N–H and O–H groups in total. The fraction of sp³-hybridized carbons (Fsp3) is 0.956. The van der Waals surface area contributed by atoms with Gasteiger partial charge in [0, 0.05) is 6.42 Å². The number of nitrogens with zero attached hydrogens (tertiary/aromatic N) is 1. The summed E-state index contributed by atoms with van der Waals surface area (Å²) in [5, 5.41) is 14.1. The fourth-order valence-electron chi connectivity index (χ4n) is 10.9. The maximum atomic E-state index is 13.0. The molecule has 9 heteroatoms. The van der Waals surface area contributed by atoms with E-state index in [-0.39, 0.29) is 19.1 Å². The average Bonchev–Trinajstić information content (AvgIpc) is 3.39. The van der Waals surface area contributed by atoms with Crippen molar-refractivity contribution in [3.8, 4) is 0 Å². The van der Waals surface area contributed by atoms with Crippen molar-refractivity contribution in [2.75, 3.05) is 40.9 Å². The molecule has 0 bridgehead atoms. The highest BCUT2D eigenvalue weighted by atomic mass is 31.2. The van der Waals surface area contributed by atoms with Gasteiger partial charge < -0.3 is 28.8 Å². The van der Waals surface area contributed by atoms with Crippen molar-refractivity contribution in [2.45, 2.75) is 379 Å². The number of quaternary nitrogens is 1. The standard InChI is InChI=1S/C68H137N2O6P/c1-6-8-10-12-14-16-18-20-22-24-26-28-30-31-32-33-34-35-36-37-38-39-40-42-44-46-48-50-52-54-56-58-60-62-68(72)69-66(65-76-77(73,74)75-64-63-70(3,4)5)67(71)61-59-57-55-53-51-49-47-45-43-41-29-27-25-23-21-19-17-15-13-11-9-7-2/h31-32,66-67,71H,6-30,33-65H2,1-5H3,(H-,69,72,73,74)/b32-31-. The predicted molar refractivity (Wildman–Crippen MR) is 335 cm³/mol. The van der Waals surface area contributed by atoms with E-state index in [0.717, 1.165) is 38.5 Å². The van der Waals surface area contributed by atoms with Crippen molar-refractivity contribution in [2.24, 2.45) is 0 Å². The summed E-state index contributed by atoms with van der Waals surface area (Å²) in [6.07, 6.45) is 75.7. The molecule has 0 heterocycles. The van der Waals surface area contributed by atoms with Crippen LogP contribution in [0.2, 0.25) is 0 Å². The number of carbonyl (C=O) groups is 1. The Morgan fingerprint density at radius 2 is 0.714 bits per heavy atom. The van der Waals surface area contributed by atoms with Crippen LogP contribution in [0.4, 0.5) is 0 Å². The Hall–Kier alpha value is -0.760. The van der Waals surface area contributed by atoms with Crippen LogP contribution in [-0.2, 0) is 18.4 Å². The van der Waals surface area contributed by atoms with Crippen molar-refractivity contribution in [1.29, 1.82) is 0 Å². The highest BCUT2D eigenvalue weighted by molar-refractivity contribution is 7.45. The number of carbonyl (C=O) groups excluding carboxylic acids is 1. The number of unbranched alkanes of at least 4 members (excludes halogenated alkanes) is 50. The number of likely N-dealkylation sites (N-methyl/N-ethyl adjacent to an activating group) is 1. The van der Waals surface area contributed by atoms with Gasteiger partial charge in [-0.15, -0.1) is 0 Å². The second-order valence-corrected chi connectivity index (χ2v) is 26.7. The van der Waals surface area contributed by atoms with Gasteiger partial charge in [-0.05, 0) is 38.5 Å². The van der Waals surface area contributed by atoms with Crippen LogP contribution in [0, 0.1) is 0 Å². The summed E-state index contributed by atoms with van der Waals surface area (Å²) in [6, 6.07) is -0.798. The topological polar surface area (TPSA) is 108 Å². The van der Waals surface area contributed by atoms with Crippen molar-refractivity contribution in [3.05, 3.63) is 12.2 Å². The molecule has 0 aliphatic carbocycles. The number of amides is 1. The van der Waals surface area contributed by atoms with Gasteiger partial charge in [0.05, 0.1) is 39.9 Å². The molecule has 0 rings (SSSR count). The Morgan fingerprint density at radius 3 is 1.01 bits per heavy atom. The lowest BCUT2D eigenvalue weighted by Crippen LogP contribution is -2.46. The van der Waals surface area contributed by atoms with Gasteiger partial charge in [0.1, 0.15) is 13.2 Å². The molecule has 0 aromatic rings. The van der Waals surface area contributed by atoms with Crippen LogP contribution >= 0.6 is 7.82 Å². The number of phosphoric ester groups is 1. The molecule has 0 aliphatic rings. The minimum Gasteiger partial charge on any atom is -0.756 e. The Balaban J connectivity index is 3.98. The lowest BCUT2D eigenvalue weighted by atomic mass is 10.0. The molecule has 0 aliphatic heterocycles. The van der Waals surface area contributed by atoms with Crippen LogP contribution in [0.5, 0.6) is 0 Å². The molecule has 0 aromatic carbocycles. The number of hydrogen-bond acceptors (Lipinski definition) is 6. The Morgan fingerprint density at radius 1 is 0.442 bits per heavy atom. The first kappa shape index (κ1) is 76.2. The zero-order valence-electron chi connectivity index (χ0n) is 52.7. The number of aliphatic hydroxyl groups is 1. The van der Waals surface area contributed by atoms with E-state index in [9.17, 15) is 19.4 Å². The first-order chi connectivity index (χ1) is 37.5. The number of rotatable bonds is 65. The third-order valence-electron chi connectivity index (χ3n) is 16.3. The zero-order chi connectivity index (χ0) is 56.3. The van der Waals surface area contributed by atoms with Crippen LogP contribution in [0.15, 0.2) is 12.2 Å². The summed E-state index contributed by atoms with van der Waals surface area (Å²) in [5.41, 5.74) is 0. The van der Waals surface area contributed by atoms with E-state index in [4.69, 9.17) is 9.05 Å². The molecule has 77 heavy (non-hydrogen) atoms. The summed E-state index contributed by atoms with van der Waals surface area (Å²) in [6.45, 7) is 4.79. The Kier molecular flexibility index (Phi) is 59.3. The average molecular weight is 1110 g/mol. The van der Waals surface area contributed by atoms with Crippen molar-refractivity contribution in [1.82, 2.24) is 5.32 Å². The predicted octanol–water partition coefficient (Wildman–Crippen LogP) is 21.1. The number of phosphoric acid groups is 1. The van der Waals surface area contributed by atoms with E-state index in [2.05, 4.69) is 31.3 Å². The van der Waals surface area contributed by atoms with Gasteiger partial charge in [0.15, 0.2) is 0 Å². The maximum Gasteiger partial charge on any atom is 0.268 e. The molecule has 3 atom stereocenters. The number of allylic oxidation sites excluding steroid dienone is 2. The maximum absolute atomic E-state index is 13.0. The van der Waals surface area contributed by atoms with Crippen LogP contribution < -0.4 is 10.2 Å². The molecular formula is C68H137N2O6P. The zero-order valence-corrected chi connectivity index (χ0v) is 53.6. The van der Waals surface area contributed by atoms with Gasteiger partial charge in [-0.3, -0.25) is 9.36 Å². The van der Waals surface area contributed by atoms with Crippen LogP contribution in [0.3, 0.4) is 0 Å². The number of nitrogens with one attached hydrogen (secondary N) is 1. The molecule has 0 saturated carbocycles. The third kappa shape index (κ3) is 62.7. The van der Waals surface area contributed by atoms with E-state index in [1.807, 2.05) is 21.1 Å². The highest BCUT2D eigenvalue weighted by Gasteiger charge is 2.24. The first-order valence-electron chi connectivity index (χ1n) is 34.5. The Bertz CT molecular complexity index is 1260. The quantitative estimate of drug-likeness (QED) is 0.0272. The molecule has 3 unspecified atom stereocenters. The van der Waals surface area contributed by atoms with Gasteiger partial charge >= 0.3 is 0 Å². The molecule has 1 amide bonds. The van der Waals surface area contributed by atoms with Crippen LogP contribution in [0.1, 0.15) is 367 Å². The fourth-order valence-corrected chi connectivity index (χ4v) is 11.6. The smallest absolute Gasteiger partial charge is 0.268 e. The lowest BCUT2D eigenvalue weighted by Gasteiger charge is -2.30. The molecule has 0 fully saturated rings. The van der Waals surface area contributed by atoms with Crippen molar-refractivity contribution >= 4 is 13.7 Å². The second kappa shape index (κ2) is 59.8. The summed E-state index contributed by atoms with van der Waals surface area (Å²) in [5.74, 6) is -0.156. The molecule has 0 spiro atoms. The van der Waals surface area contributed by atoms with Crippen molar-refractivity contribution < 1.29 is 32.9 Å². The van der Waals surface area contributed by atoms with Crippen molar-refractivity contribution in [3.63, 3.8) is 0 Å². The Labute approximate surface area is 482 Å². The van der Waals surface area contributed by atoms with E-state index < -0.39 is 20.0 Å². The molecule has 460 valence electrons. The number of aliphatic hydroxyl groups excluding tert-OH is 1. The van der Waals surface area contributed by atoms with Gasteiger partial charge in [0.2, 0.25) is 5.91 Å². The van der Waals surface area contributed by atoms with Crippen LogP contribution in [-0.4, -0.2) is 68.5 Å². The second-order valence-electron chi connectivity index (χ2n) is 25.2. The van der Waals surface area contributed by atoms with Gasteiger partial charge in [-0.25, -0.2) is 0 Å².